The zero-order valence-corrected chi connectivity index (χ0v) is 24.4. The maximum atomic E-state index is 13.5. The molecule has 2 heterocycles. The van der Waals surface area contributed by atoms with Crippen LogP contribution in [0.1, 0.15) is 91.8 Å². The van der Waals surface area contributed by atoms with Gasteiger partial charge in [-0.1, -0.05) is 18.2 Å². The predicted octanol–water partition coefficient (Wildman–Crippen LogP) is 4.08. The Morgan fingerprint density at radius 3 is 2.56 bits per heavy atom. The van der Waals surface area contributed by atoms with Crippen molar-refractivity contribution in [2.24, 2.45) is 0 Å². The highest BCUT2D eigenvalue weighted by atomic mass is 16.7. The topological polar surface area (TPSA) is 160 Å². The number of benzene rings is 2. The van der Waals surface area contributed by atoms with Gasteiger partial charge in [0.2, 0.25) is 18.6 Å². The van der Waals surface area contributed by atoms with Gasteiger partial charge in [-0.05, 0) is 61.9 Å². The summed E-state index contributed by atoms with van der Waals surface area (Å²) in [5.74, 6) is -1.98. The quantitative estimate of drug-likeness (QED) is 0.273. The maximum Gasteiger partial charge on any atom is 0.342 e. The van der Waals surface area contributed by atoms with Crippen molar-refractivity contribution >= 4 is 29.6 Å². The zero-order chi connectivity index (χ0) is 30.9. The van der Waals surface area contributed by atoms with E-state index < -0.39 is 29.6 Å². The SMILES string of the molecule is CC(=O)NCCNC(=O)CC(c1ccc2c(c1)OCO2)c1c(O)cc2c(c1O)C(=O)O[C@@H](C)CCCC(=O)CCC/C=C/2. The average Bonchev–Trinajstić information content (AvgIpc) is 3.42. The summed E-state index contributed by atoms with van der Waals surface area (Å²) in [6.45, 7) is 3.54. The normalized spacial score (nSPS) is 18.5. The molecule has 0 bridgehead atoms. The van der Waals surface area contributed by atoms with Crippen LogP contribution in [0.4, 0.5) is 0 Å². The van der Waals surface area contributed by atoms with E-state index in [0.717, 1.165) is 0 Å². The minimum atomic E-state index is -0.895. The molecule has 0 saturated heterocycles. The Balaban J connectivity index is 1.74. The van der Waals surface area contributed by atoms with Gasteiger partial charge in [-0.25, -0.2) is 4.79 Å². The molecule has 2 aromatic rings. The summed E-state index contributed by atoms with van der Waals surface area (Å²) in [6, 6.07) is 6.42. The van der Waals surface area contributed by atoms with Crippen LogP contribution in [0, 0.1) is 0 Å². The molecule has 0 saturated carbocycles. The monoisotopic (exact) mass is 594 g/mol. The molecule has 11 nitrogen and oxygen atoms in total. The molecule has 2 aliphatic heterocycles. The molecule has 2 aliphatic rings. The third-order valence-electron chi connectivity index (χ3n) is 7.41. The Kier molecular flexibility index (Phi) is 10.6. The van der Waals surface area contributed by atoms with E-state index in [2.05, 4.69) is 10.6 Å². The first kappa shape index (κ1) is 31.4. The van der Waals surface area contributed by atoms with E-state index in [9.17, 15) is 29.4 Å². The smallest absolute Gasteiger partial charge is 0.342 e. The van der Waals surface area contributed by atoms with Crippen molar-refractivity contribution in [3.05, 3.63) is 52.6 Å². The molecule has 4 rings (SSSR count). The van der Waals surface area contributed by atoms with Crippen LogP contribution in [0.5, 0.6) is 23.0 Å². The average molecular weight is 595 g/mol. The Bertz CT molecular complexity index is 1400. The Morgan fingerprint density at radius 2 is 1.77 bits per heavy atom. The molecule has 2 atom stereocenters. The number of fused-ring (bicyclic) bond motifs is 2. The van der Waals surface area contributed by atoms with E-state index in [4.69, 9.17) is 14.2 Å². The first-order valence-corrected chi connectivity index (χ1v) is 14.5. The maximum absolute atomic E-state index is 13.5. The minimum Gasteiger partial charge on any atom is -0.507 e. The summed E-state index contributed by atoms with van der Waals surface area (Å²) < 4.78 is 16.6. The van der Waals surface area contributed by atoms with Crippen molar-refractivity contribution in [2.45, 2.75) is 70.8 Å². The van der Waals surface area contributed by atoms with Crippen molar-refractivity contribution < 1.29 is 43.6 Å². The standard InChI is InChI=1S/C32H38N2O9/c1-19-7-6-10-23(36)9-5-3-4-8-22-15-25(37)30(31(39)29(22)32(40)43-19)24(17-28(38)34-14-13-33-20(2)35)21-11-12-26-27(16-21)42-18-41-26/h4,8,11-12,15-16,19,24,37,39H,3,5-7,9-10,13-14,17-18H2,1-2H3,(H,33,35)(H,34,38)/b8-4+/t19-,24?/m0/s1. The van der Waals surface area contributed by atoms with Crippen molar-refractivity contribution in [1.29, 1.82) is 0 Å². The Labute approximate surface area is 250 Å². The van der Waals surface area contributed by atoms with Crippen molar-refractivity contribution in [1.82, 2.24) is 10.6 Å². The first-order valence-electron chi connectivity index (χ1n) is 14.5. The van der Waals surface area contributed by atoms with Crippen LogP contribution in [0.2, 0.25) is 0 Å². The molecule has 0 aromatic heterocycles. The Hall–Kier alpha value is -4.54. The fourth-order valence-electron chi connectivity index (χ4n) is 5.23. The lowest BCUT2D eigenvalue weighted by Crippen LogP contribution is -2.34. The number of ketones is 1. The second-order valence-electron chi connectivity index (χ2n) is 10.8. The number of amides is 2. The summed E-state index contributed by atoms with van der Waals surface area (Å²) in [5.41, 5.74) is 0.651. The highest BCUT2D eigenvalue weighted by molar-refractivity contribution is 5.98. The molecule has 43 heavy (non-hydrogen) atoms. The number of phenolic OH excluding ortho intramolecular Hbond substituents is 2. The summed E-state index contributed by atoms with van der Waals surface area (Å²) >= 11 is 0. The number of nitrogens with one attached hydrogen (secondary N) is 2. The van der Waals surface area contributed by atoms with Crippen LogP contribution in [0.15, 0.2) is 30.3 Å². The van der Waals surface area contributed by atoms with E-state index in [1.807, 2.05) is 0 Å². The number of rotatable bonds is 7. The van der Waals surface area contributed by atoms with Gasteiger partial charge < -0.3 is 35.1 Å². The molecule has 11 heteroatoms. The lowest BCUT2D eigenvalue weighted by molar-refractivity contribution is -0.122. The van der Waals surface area contributed by atoms with E-state index >= 15 is 0 Å². The van der Waals surface area contributed by atoms with E-state index in [1.165, 1.54) is 13.0 Å². The molecule has 0 radical (unpaired) electrons. The van der Waals surface area contributed by atoms with Crippen molar-refractivity contribution in [2.75, 3.05) is 19.9 Å². The van der Waals surface area contributed by atoms with Crippen molar-refractivity contribution in [3.8, 4) is 23.0 Å². The number of carbonyl (C=O) groups is 4. The molecule has 0 fully saturated rings. The number of cyclic esters (lactones) is 1. The highest BCUT2D eigenvalue weighted by Gasteiger charge is 2.31. The van der Waals surface area contributed by atoms with Crippen LogP contribution in [-0.2, 0) is 19.1 Å². The second kappa shape index (κ2) is 14.6. The summed E-state index contributed by atoms with van der Waals surface area (Å²) in [6.07, 6.45) is 5.81. The number of allylic oxidation sites excluding steroid dienone is 1. The molecule has 2 amide bonds. The van der Waals surface area contributed by atoms with Gasteiger partial charge in [0.15, 0.2) is 11.5 Å². The molecular weight excluding hydrogens is 556 g/mol. The van der Waals surface area contributed by atoms with Gasteiger partial charge in [0.1, 0.15) is 22.8 Å². The van der Waals surface area contributed by atoms with Gasteiger partial charge in [0.25, 0.3) is 0 Å². The van der Waals surface area contributed by atoms with Crippen LogP contribution in [0.25, 0.3) is 6.08 Å². The number of hydrogen-bond acceptors (Lipinski definition) is 9. The van der Waals surface area contributed by atoms with Gasteiger partial charge >= 0.3 is 5.97 Å². The summed E-state index contributed by atoms with van der Waals surface area (Å²) in [7, 11) is 0. The Morgan fingerprint density at radius 1 is 1.02 bits per heavy atom. The van der Waals surface area contributed by atoms with E-state index in [1.54, 1.807) is 37.3 Å². The number of esters is 1. The fraction of sp³-hybridized carbons (Fsp3) is 0.438. The fourth-order valence-corrected chi connectivity index (χ4v) is 5.23. The number of phenols is 2. The van der Waals surface area contributed by atoms with Crippen molar-refractivity contribution in [3.63, 3.8) is 0 Å². The molecule has 0 spiro atoms. The molecule has 2 aromatic carbocycles. The largest absolute Gasteiger partial charge is 0.507 e. The first-order chi connectivity index (χ1) is 20.6. The molecule has 4 N–H and O–H groups in total. The van der Waals surface area contributed by atoms with Gasteiger partial charge in [0, 0.05) is 50.8 Å². The number of carbonyl (C=O) groups excluding carboxylic acids is 4. The number of ether oxygens (including phenoxy) is 3. The zero-order valence-electron chi connectivity index (χ0n) is 24.4. The highest BCUT2D eigenvalue weighted by Crippen LogP contribution is 2.46. The van der Waals surface area contributed by atoms with E-state index in [0.29, 0.717) is 55.6 Å². The number of Topliss-reactive ketones (excluding diaryl/α,β-unsaturated/α-hetero) is 1. The summed E-state index contributed by atoms with van der Waals surface area (Å²) in [4.78, 5) is 49.8. The van der Waals surface area contributed by atoms with Crippen LogP contribution in [-0.4, -0.2) is 59.8 Å². The van der Waals surface area contributed by atoms with Crippen LogP contribution in [0.3, 0.4) is 0 Å². The second-order valence-corrected chi connectivity index (χ2v) is 10.8. The van der Waals surface area contributed by atoms with Gasteiger partial charge in [-0.15, -0.1) is 0 Å². The van der Waals surface area contributed by atoms with Crippen LogP contribution >= 0.6 is 0 Å². The lowest BCUT2D eigenvalue weighted by Gasteiger charge is -2.23. The number of aromatic hydroxyl groups is 2. The molecular formula is C32H38N2O9. The predicted molar refractivity (Wildman–Crippen MR) is 157 cm³/mol. The lowest BCUT2D eigenvalue weighted by atomic mass is 9.84. The third-order valence-corrected chi connectivity index (χ3v) is 7.41. The van der Waals surface area contributed by atoms with Crippen LogP contribution < -0.4 is 20.1 Å². The number of hydrogen-bond donors (Lipinski definition) is 4. The molecule has 230 valence electrons. The minimum absolute atomic E-state index is 0.0145. The van der Waals surface area contributed by atoms with Gasteiger partial charge in [-0.3, -0.25) is 14.4 Å². The van der Waals surface area contributed by atoms with Gasteiger partial charge in [0.05, 0.1) is 6.10 Å². The summed E-state index contributed by atoms with van der Waals surface area (Å²) in [5, 5.41) is 28.3. The molecule has 1 unspecified atom stereocenters. The van der Waals surface area contributed by atoms with E-state index in [-0.39, 0.29) is 60.4 Å². The van der Waals surface area contributed by atoms with Gasteiger partial charge in [-0.2, -0.15) is 0 Å². The third kappa shape index (κ3) is 8.27. The molecule has 0 aliphatic carbocycles.